The van der Waals surface area contributed by atoms with Crippen LogP contribution in [0.2, 0.25) is 0 Å². The van der Waals surface area contributed by atoms with Gasteiger partial charge in [-0.2, -0.15) is 0 Å². The van der Waals surface area contributed by atoms with Crippen LogP contribution in [-0.2, 0) is 4.57 Å². The number of fused-ring (bicyclic) bond motifs is 2. The van der Waals surface area contributed by atoms with Crippen LogP contribution >= 0.6 is 7.82 Å². The summed E-state index contributed by atoms with van der Waals surface area (Å²) in [6.45, 7) is 7.15. The molecule has 6 heteroatoms. The first-order valence-electron chi connectivity index (χ1n) is 5.57. The largest absolute Gasteiger partial charge is 0.466 e. The van der Waals surface area contributed by atoms with E-state index < -0.39 is 7.82 Å². The number of hydrogen-bond donors (Lipinski definition) is 4. The number of nitrogens with two attached hydrogens (primary N) is 1. The van der Waals surface area contributed by atoms with Crippen molar-refractivity contribution in [1.82, 2.24) is 0 Å². The van der Waals surface area contributed by atoms with E-state index in [0.717, 1.165) is 17.8 Å². The van der Waals surface area contributed by atoms with Gasteiger partial charge in [-0.05, 0) is 36.0 Å². The zero-order valence-electron chi connectivity index (χ0n) is 10.00. The van der Waals surface area contributed by atoms with Crippen molar-refractivity contribution in [3.8, 4) is 0 Å². The molecular weight excluding hydrogens is 229 g/mol. The zero-order valence-corrected chi connectivity index (χ0v) is 10.9. The summed E-state index contributed by atoms with van der Waals surface area (Å²) in [7, 11) is -4.64. The highest BCUT2D eigenvalue weighted by molar-refractivity contribution is 7.45. The maximum absolute atomic E-state index is 8.88. The summed E-state index contributed by atoms with van der Waals surface area (Å²) < 4.78 is 8.88. The minimum Gasteiger partial charge on any atom is -0.327 e. The van der Waals surface area contributed by atoms with Crippen LogP contribution in [0.1, 0.15) is 33.6 Å². The highest BCUT2D eigenvalue weighted by atomic mass is 31.2. The molecule has 2 bridgehead atoms. The fraction of sp³-hybridized carbons (Fsp3) is 1.00. The van der Waals surface area contributed by atoms with Gasteiger partial charge in [0.1, 0.15) is 0 Å². The summed E-state index contributed by atoms with van der Waals surface area (Å²) in [6.07, 6.45) is 2.71. The summed E-state index contributed by atoms with van der Waals surface area (Å²) in [5.41, 5.74) is 6.63. The van der Waals surface area contributed by atoms with Gasteiger partial charge in [0.05, 0.1) is 0 Å². The molecule has 3 saturated carbocycles. The van der Waals surface area contributed by atoms with E-state index in [-0.39, 0.29) is 0 Å². The molecule has 4 unspecified atom stereocenters. The third-order valence-corrected chi connectivity index (χ3v) is 4.41. The van der Waals surface area contributed by atoms with Crippen LogP contribution < -0.4 is 5.73 Å². The molecule has 5 nitrogen and oxygen atoms in total. The van der Waals surface area contributed by atoms with Crippen LogP contribution in [0.3, 0.4) is 0 Å². The van der Waals surface area contributed by atoms with E-state index in [0.29, 0.717) is 11.5 Å². The summed E-state index contributed by atoms with van der Waals surface area (Å²) in [5, 5.41) is 0. The number of rotatable bonds is 0. The Hall–Kier alpha value is 0.0700. The van der Waals surface area contributed by atoms with Crippen molar-refractivity contribution in [3.63, 3.8) is 0 Å². The molecule has 16 heavy (non-hydrogen) atoms. The molecule has 4 atom stereocenters. The quantitative estimate of drug-likeness (QED) is 0.482. The molecule has 3 aliphatic rings. The average molecular weight is 251 g/mol. The van der Waals surface area contributed by atoms with Crippen molar-refractivity contribution >= 4 is 7.82 Å². The van der Waals surface area contributed by atoms with Crippen molar-refractivity contribution in [2.75, 3.05) is 0 Å². The molecule has 0 spiro atoms. The predicted molar refractivity (Wildman–Crippen MR) is 61.4 cm³/mol. The Morgan fingerprint density at radius 2 is 1.69 bits per heavy atom. The Bertz CT molecular complexity index is 293. The third-order valence-electron chi connectivity index (χ3n) is 4.41. The topological polar surface area (TPSA) is 104 Å². The highest BCUT2D eigenvalue weighted by Crippen LogP contribution is 2.60. The minimum atomic E-state index is -4.64. The van der Waals surface area contributed by atoms with Gasteiger partial charge in [0.15, 0.2) is 0 Å². The highest BCUT2D eigenvalue weighted by Gasteiger charge is 2.55. The Labute approximate surface area is 96.3 Å². The van der Waals surface area contributed by atoms with Crippen LogP contribution in [0.25, 0.3) is 0 Å². The zero-order chi connectivity index (χ0) is 12.7. The molecule has 0 aromatic carbocycles. The van der Waals surface area contributed by atoms with E-state index >= 15 is 0 Å². The lowest BCUT2D eigenvalue weighted by Crippen LogP contribution is -2.58. The summed E-state index contributed by atoms with van der Waals surface area (Å²) >= 11 is 0. The number of hydrogen-bond acceptors (Lipinski definition) is 2. The molecule has 0 aliphatic heterocycles. The SMILES string of the molecule is CC1C(N)CC2CC1C2(C)C.O=P(O)(O)O. The van der Waals surface area contributed by atoms with Crippen LogP contribution in [0.5, 0.6) is 0 Å². The predicted octanol–water partition coefficient (Wildman–Crippen LogP) is 1.09. The Morgan fingerprint density at radius 1 is 1.25 bits per heavy atom. The smallest absolute Gasteiger partial charge is 0.327 e. The van der Waals surface area contributed by atoms with Crippen LogP contribution in [0.15, 0.2) is 0 Å². The van der Waals surface area contributed by atoms with Crippen molar-refractivity contribution in [2.45, 2.75) is 39.7 Å². The molecule has 3 rings (SSSR count). The van der Waals surface area contributed by atoms with Gasteiger partial charge in [0.25, 0.3) is 0 Å². The molecule has 0 aromatic rings. The Balaban J connectivity index is 0.000000221. The minimum absolute atomic E-state index is 0.492. The maximum Gasteiger partial charge on any atom is 0.466 e. The lowest BCUT2D eigenvalue weighted by Gasteiger charge is -2.61. The van der Waals surface area contributed by atoms with Gasteiger partial charge < -0.3 is 20.4 Å². The lowest BCUT2D eigenvalue weighted by molar-refractivity contribution is -0.108. The van der Waals surface area contributed by atoms with Gasteiger partial charge >= 0.3 is 7.82 Å². The fourth-order valence-electron chi connectivity index (χ4n) is 3.19. The average Bonchev–Trinajstić information content (AvgIpc) is 2.05. The standard InChI is InChI=1S/C10H19N.H3O4P/c1-6-8-4-7(5-9(6)11)10(8,2)3;1-5(2,3)4/h6-9H,4-5,11H2,1-3H3;(H3,1,2,3,4). The van der Waals surface area contributed by atoms with Gasteiger partial charge in [0, 0.05) is 6.04 Å². The second-order valence-corrected chi connectivity index (χ2v) is 6.66. The van der Waals surface area contributed by atoms with E-state index in [1.54, 1.807) is 0 Å². The normalized spacial score (nSPS) is 40.4. The van der Waals surface area contributed by atoms with Gasteiger partial charge in [0.2, 0.25) is 0 Å². The van der Waals surface area contributed by atoms with E-state index in [1.165, 1.54) is 12.8 Å². The molecule has 0 saturated heterocycles. The van der Waals surface area contributed by atoms with Crippen LogP contribution in [0, 0.1) is 23.2 Å². The van der Waals surface area contributed by atoms with Crippen LogP contribution in [-0.4, -0.2) is 20.7 Å². The summed E-state index contributed by atoms with van der Waals surface area (Å²) in [4.78, 5) is 21.6. The molecule has 5 N–H and O–H groups in total. The summed E-state index contributed by atoms with van der Waals surface area (Å²) in [5.74, 6) is 2.60. The van der Waals surface area contributed by atoms with Crippen molar-refractivity contribution in [2.24, 2.45) is 28.9 Å². The van der Waals surface area contributed by atoms with Crippen molar-refractivity contribution < 1.29 is 19.2 Å². The van der Waals surface area contributed by atoms with Crippen molar-refractivity contribution in [1.29, 1.82) is 0 Å². The molecular formula is C10H22NO4P. The van der Waals surface area contributed by atoms with Gasteiger partial charge in [-0.3, -0.25) is 0 Å². The Kier molecular flexibility index (Phi) is 3.88. The first-order valence-corrected chi connectivity index (χ1v) is 7.14. The molecule has 0 aromatic heterocycles. The first kappa shape index (κ1) is 14.1. The second kappa shape index (κ2) is 4.39. The molecule has 0 heterocycles. The van der Waals surface area contributed by atoms with E-state index in [9.17, 15) is 0 Å². The molecule has 3 fully saturated rings. The van der Waals surface area contributed by atoms with Crippen molar-refractivity contribution in [3.05, 3.63) is 0 Å². The first-order chi connectivity index (χ1) is 7.03. The maximum atomic E-state index is 8.88. The fourth-order valence-corrected chi connectivity index (χ4v) is 3.19. The Morgan fingerprint density at radius 3 is 1.94 bits per heavy atom. The molecule has 0 radical (unpaired) electrons. The van der Waals surface area contributed by atoms with Crippen LogP contribution in [0.4, 0.5) is 0 Å². The monoisotopic (exact) mass is 251 g/mol. The lowest BCUT2D eigenvalue weighted by atomic mass is 9.45. The molecule has 0 amide bonds. The van der Waals surface area contributed by atoms with Gasteiger partial charge in [-0.25, -0.2) is 4.57 Å². The van der Waals surface area contributed by atoms with E-state index in [4.69, 9.17) is 25.0 Å². The molecule has 96 valence electrons. The van der Waals surface area contributed by atoms with Gasteiger partial charge in [-0.1, -0.05) is 20.8 Å². The third kappa shape index (κ3) is 3.05. The van der Waals surface area contributed by atoms with E-state index in [2.05, 4.69) is 20.8 Å². The number of phosphoric acid groups is 1. The molecule has 3 aliphatic carbocycles. The second-order valence-electron chi connectivity index (χ2n) is 5.63. The van der Waals surface area contributed by atoms with E-state index in [1.807, 2.05) is 0 Å². The van der Waals surface area contributed by atoms with Gasteiger partial charge in [-0.15, -0.1) is 0 Å². The summed E-state index contributed by atoms with van der Waals surface area (Å²) in [6, 6.07) is 0.492.